The highest BCUT2D eigenvalue weighted by Gasteiger charge is 2.54. The molecule has 0 aliphatic carbocycles. The van der Waals surface area contributed by atoms with Gasteiger partial charge in [0.15, 0.2) is 0 Å². The molecule has 1 N–H and O–H groups in total. The number of allylic oxidation sites excluding steroid dienone is 1. The minimum atomic E-state index is -1.07. The van der Waals surface area contributed by atoms with Crippen LogP contribution in [0, 0.1) is 0 Å². The van der Waals surface area contributed by atoms with Crippen LogP contribution in [0.4, 0.5) is 0 Å². The number of unbranched alkanes of at least 4 members (excludes halogenated alkanes) is 3. The van der Waals surface area contributed by atoms with E-state index in [0.717, 1.165) is 12.8 Å². The quantitative estimate of drug-likeness (QED) is 0.519. The van der Waals surface area contributed by atoms with Crippen LogP contribution in [0.15, 0.2) is 11.6 Å². The Kier molecular flexibility index (Phi) is 8.18. The summed E-state index contributed by atoms with van der Waals surface area (Å²) >= 11 is 0. The van der Waals surface area contributed by atoms with Crippen molar-refractivity contribution in [2.24, 2.45) is 0 Å². The van der Waals surface area contributed by atoms with Crippen molar-refractivity contribution in [1.82, 2.24) is 0 Å². The molecule has 0 bridgehead atoms. The summed E-state index contributed by atoms with van der Waals surface area (Å²) in [5.41, 5.74) is 1.18. The first-order chi connectivity index (χ1) is 10.8. The van der Waals surface area contributed by atoms with Crippen LogP contribution in [-0.4, -0.2) is 49.7 Å². The maximum atomic E-state index is 10.4. The van der Waals surface area contributed by atoms with Crippen LogP contribution >= 0.6 is 0 Å². The van der Waals surface area contributed by atoms with Crippen molar-refractivity contribution < 1.29 is 24.1 Å². The van der Waals surface area contributed by atoms with Crippen molar-refractivity contribution in [1.29, 1.82) is 0 Å². The molecule has 136 valence electrons. The lowest BCUT2D eigenvalue weighted by Gasteiger charge is -2.49. The highest BCUT2D eigenvalue weighted by molar-refractivity contribution is 5.05. The van der Waals surface area contributed by atoms with Crippen molar-refractivity contribution in [3.8, 4) is 0 Å². The van der Waals surface area contributed by atoms with Crippen LogP contribution in [0.5, 0.6) is 0 Å². The van der Waals surface area contributed by atoms with Gasteiger partial charge in [-0.05, 0) is 33.6 Å². The van der Waals surface area contributed by atoms with Crippen molar-refractivity contribution in [3.05, 3.63) is 11.6 Å². The van der Waals surface area contributed by atoms with E-state index in [9.17, 15) is 5.11 Å². The van der Waals surface area contributed by atoms with Crippen molar-refractivity contribution in [2.75, 3.05) is 20.8 Å². The third-order valence-electron chi connectivity index (χ3n) is 4.76. The Morgan fingerprint density at radius 2 is 1.87 bits per heavy atom. The molecule has 5 nitrogen and oxygen atoms in total. The molecule has 0 aromatic heterocycles. The fraction of sp³-hybridized carbons (Fsp3) is 0.889. The molecule has 4 atom stereocenters. The van der Waals surface area contributed by atoms with Gasteiger partial charge in [0.05, 0.1) is 6.61 Å². The molecule has 0 amide bonds. The van der Waals surface area contributed by atoms with Gasteiger partial charge < -0.3 is 24.1 Å². The smallest absolute Gasteiger partial charge is 0.220 e. The van der Waals surface area contributed by atoms with Crippen molar-refractivity contribution >= 4 is 0 Å². The molecule has 0 unspecified atom stereocenters. The van der Waals surface area contributed by atoms with Gasteiger partial charge in [-0.25, -0.2) is 0 Å². The van der Waals surface area contributed by atoms with Crippen LogP contribution in [-0.2, 0) is 18.9 Å². The Bertz CT molecular complexity index is 384. The maximum absolute atomic E-state index is 10.4. The molecule has 1 rings (SSSR count). The molecule has 1 aliphatic heterocycles. The van der Waals surface area contributed by atoms with Gasteiger partial charge >= 0.3 is 0 Å². The Morgan fingerprint density at radius 1 is 1.22 bits per heavy atom. The van der Waals surface area contributed by atoms with E-state index in [-0.39, 0.29) is 6.61 Å². The van der Waals surface area contributed by atoms with Gasteiger partial charge in [-0.2, -0.15) is 0 Å². The second-order valence-electron chi connectivity index (χ2n) is 6.58. The number of aliphatic hydroxyl groups is 1. The number of hydrogen-bond acceptors (Lipinski definition) is 5. The van der Waals surface area contributed by atoms with Crippen LogP contribution in [0.2, 0.25) is 0 Å². The van der Waals surface area contributed by atoms with Gasteiger partial charge in [0.2, 0.25) is 11.6 Å². The zero-order chi connectivity index (χ0) is 17.5. The summed E-state index contributed by atoms with van der Waals surface area (Å²) in [7, 11) is 3.10. The minimum absolute atomic E-state index is 0.254. The minimum Gasteiger partial charge on any atom is -0.386 e. The highest BCUT2D eigenvalue weighted by Crippen LogP contribution is 2.37. The van der Waals surface area contributed by atoms with Gasteiger partial charge in [0.1, 0.15) is 12.2 Å². The first-order valence-corrected chi connectivity index (χ1v) is 8.59. The third-order valence-corrected chi connectivity index (χ3v) is 4.76. The van der Waals surface area contributed by atoms with E-state index in [2.05, 4.69) is 6.92 Å². The second-order valence-corrected chi connectivity index (χ2v) is 6.58. The molecular weight excluding hydrogens is 296 g/mol. The van der Waals surface area contributed by atoms with E-state index in [1.807, 2.05) is 13.0 Å². The molecule has 1 fully saturated rings. The predicted octanol–water partition coefficient (Wildman–Crippen LogP) is 3.40. The third kappa shape index (κ3) is 5.26. The second kappa shape index (κ2) is 9.14. The molecule has 0 aromatic carbocycles. The first-order valence-electron chi connectivity index (χ1n) is 8.59. The van der Waals surface area contributed by atoms with E-state index in [0.29, 0.717) is 0 Å². The summed E-state index contributed by atoms with van der Waals surface area (Å²) < 4.78 is 22.6. The molecule has 0 radical (unpaired) electrons. The van der Waals surface area contributed by atoms with E-state index in [4.69, 9.17) is 18.9 Å². The first kappa shape index (κ1) is 20.6. The van der Waals surface area contributed by atoms with Crippen molar-refractivity contribution in [2.45, 2.75) is 83.6 Å². The molecule has 5 heteroatoms. The van der Waals surface area contributed by atoms with Crippen molar-refractivity contribution in [3.63, 3.8) is 0 Å². The average molecular weight is 330 g/mol. The molecule has 0 spiro atoms. The molecule has 0 aromatic rings. The number of methoxy groups -OCH3 is 2. The molecule has 1 aliphatic rings. The largest absolute Gasteiger partial charge is 0.386 e. The van der Waals surface area contributed by atoms with Gasteiger partial charge in [-0.3, -0.25) is 0 Å². The van der Waals surface area contributed by atoms with Crippen LogP contribution in [0.3, 0.4) is 0 Å². The number of aliphatic hydroxyl groups excluding tert-OH is 1. The standard InChI is InChI=1S/C18H34O5/c1-7-8-9-10-11-14(2)12-15(19)16-13-22-17(3,20-5)18(4,21-6)23-16/h12,15-16,19H,7-11,13H2,1-6H3/b14-12+/t15-,16-,17-,18-/m1/s1. The van der Waals surface area contributed by atoms with E-state index in [1.54, 1.807) is 28.1 Å². The zero-order valence-corrected chi connectivity index (χ0v) is 15.6. The molecule has 1 heterocycles. The molecule has 1 saturated heterocycles. The number of hydrogen-bond donors (Lipinski definition) is 1. The summed E-state index contributed by atoms with van der Waals surface area (Å²) in [4.78, 5) is 0. The lowest BCUT2D eigenvalue weighted by molar-refractivity contribution is -0.435. The highest BCUT2D eigenvalue weighted by atomic mass is 16.8. The Hall–Kier alpha value is -0.460. The normalized spacial score (nSPS) is 33.7. The van der Waals surface area contributed by atoms with Gasteiger partial charge in [-0.1, -0.05) is 37.8 Å². The van der Waals surface area contributed by atoms with E-state index < -0.39 is 23.8 Å². The molecular formula is C18H34O5. The Labute approximate surface area is 140 Å². The van der Waals surface area contributed by atoms with E-state index >= 15 is 0 Å². The predicted molar refractivity (Wildman–Crippen MR) is 90.2 cm³/mol. The van der Waals surface area contributed by atoms with Crippen LogP contribution < -0.4 is 0 Å². The topological polar surface area (TPSA) is 57.2 Å². The van der Waals surface area contributed by atoms with E-state index in [1.165, 1.54) is 24.8 Å². The summed E-state index contributed by atoms with van der Waals surface area (Å²) in [5, 5.41) is 10.4. The Balaban J connectivity index is 2.62. The average Bonchev–Trinajstić information content (AvgIpc) is 2.54. The van der Waals surface area contributed by atoms with Crippen LogP contribution in [0.25, 0.3) is 0 Å². The fourth-order valence-electron chi connectivity index (χ4n) is 2.76. The molecule has 23 heavy (non-hydrogen) atoms. The summed E-state index contributed by atoms with van der Waals surface area (Å²) in [6.45, 7) is 8.04. The lowest BCUT2D eigenvalue weighted by atomic mass is 10.0. The van der Waals surface area contributed by atoms with Crippen LogP contribution in [0.1, 0.15) is 59.8 Å². The summed E-state index contributed by atoms with van der Waals surface area (Å²) in [5.74, 6) is -2.08. The van der Waals surface area contributed by atoms with Gasteiger partial charge in [-0.15, -0.1) is 0 Å². The zero-order valence-electron chi connectivity index (χ0n) is 15.6. The molecule has 0 saturated carbocycles. The summed E-state index contributed by atoms with van der Waals surface area (Å²) in [6, 6.07) is 0. The number of rotatable bonds is 9. The Morgan fingerprint density at radius 3 is 2.43 bits per heavy atom. The summed E-state index contributed by atoms with van der Waals surface area (Å²) in [6.07, 6.45) is 6.54. The van der Waals surface area contributed by atoms with Gasteiger partial charge in [0, 0.05) is 14.2 Å². The maximum Gasteiger partial charge on any atom is 0.220 e. The SMILES string of the molecule is CCCCCC/C(C)=C/[C@@H](O)[C@H]1CO[C@@](C)(OC)[C@](C)(OC)O1. The van der Waals surface area contributed by atoms with Gasteiger partial charge in [0.25, 0.3) is 0 Å². The monoisotopic (exact) mass is 330 g/mol. The lowest BCUT2D eigenvalue weighted by Crippen LogP contribution is -2.63. The fourth-order valence-corrected chi connectivity index (χ4v) is 2.76. The number of ether oxygens (including phenoxy) is 4.